The minimum atomic E-state index is -4.71. The van der Waals surface area contributed by atoms with Crippen molar-refractivity contribution >= 4 is 63.8 Å². The maximum absolute atomic E-state index is 14.1. The summed E-state index contributed by atoms with van der Waals surface area (Å²) in [6.07, 6.45) is -4.71. The molecule has 0 bridgehead atoms. The first-order valence-electron chi connectivity index (χ1n) is 13.8. The molecule has 46 heavy (non-hydrogen) atoms. The van der Waals surface area contributed by atoms with E-state index in [1.54, 1.807) is 31.2 Å². The zero-order valence-electron chi connectivity index (χ0n) is 23.7. The molecule has 9 nitrogen and oxygen atoms in total. The maximum atomic E-state index is 14.1. The van der Waals surface area contributed by atoms with Gasteiger partial charge in [0.1, 0.15) is 11.8 Å². The Morgan fingerprint density at radius 3 is 2.48 bits per heavy atom. The molecule has 1 saturated heterocycles. The first-order chi connectivity index (χ1) is 21.9. The van der Waals surface area contributed by atoms with Gasteiger partial charge in [-0.3, -0.25) is 23.7 Å². The average Bonchev–Trinajstić information content (AvgIpc) is 3.45. The molecule has 3 heterocycles. The van der Waals surface area contributed by atoms with E-state index in [9.17, 15) is 37.5 Å². The number of benzene rings is 3. The molecule has 238 valence electrons. The summed E-state index contributed by atoms with van der Waals surface area (Å²) in [4.78, 5) is 55.0. The number of aromatic nitrogens is 1. The number of ether oxygens (including phenoxy) is 1. The molecule has 3 amide bonds. The molecule has 0 saturated carbocycles. The van der Waals surface area contributed by atoms with E-state index < -0.39 is 58.0 Å². The number of carbonyl (C=O) groups excluding carboxylic acids is 3. The predicted octanol–water partition coefficient (Wildman–Crippen LogP) is 6.12. The number of phenols is 1. The van der Waals surface area contributed by atoms with Gasteiger partial charge in [0.05, 0.1) is 28.8 Å². The molecule has 2 aliphatic heterocycles. The highest BCUT2D eigenvalue weighted by molar-refractivity contribution is 8.00. The monoisotopic (exact) mass is 689 g/mol. The highest BCUT2D eigenvalue weighted by Crippen LogP contribution is 2.54. The third-order valence-corrected chi connectivity index (χ3v) is 10.4. The molecule has 6 rings (SSSR count). The van der Waals surface area contributed by atoms with Gasteiger partial charge < -0.3 is 15.2 Å². The average molecular weight is 690 g/mol. The van der Waals surface area contributed by atoms with Gasteiger partial charge in [0.25, 0.3) is 0 Å². The number of thiazole rings is 1. The van der Waals surface area contributed by atoms with Crippen LogP contribution in [0.3, 0.4) is 0 Å². The van der Waals surface area contributed by atoms with Gasteiger partial charge in [-0.2, -0.15) is 13.2 Å². The van der Waals surface area contributed by atoms with E-state index >= 15 is 0 Å². The molecule has 2 N–H and O–H groups in total. The highest BCUT2D eigenvalue weighted by atomic mass is 35.5. The minimum Gasteiger partial charge on any atom is -0.504 e. The molecule has 3 atom stereocenters. The quantitative estimate of drug-likeness (QED) is 0.225. The van der Waals surface area contributed by atoms with Crippen LogP contribution in [0.2, 0.25) is 5.02 Å². The van der Waals surface area contributed by atoms with Crippen LogP contribution in [0.15, 0.2) is 76.6 Å². The summed E-state index contributed by atoms with van der Waals surface area (Å²) in [5, 5.41) is 12.7. The molecule has 3 aromatic carbocycles. The van der Waals surface area contributed by atoms with Crippen molar-refractivity contribution in [3.8, 4) is 11.5 Å². The minimum absolute atomic E-state index is 0.108. The Kier molecular flexibility index (Phi) is 8.38. The summed E-state index contributed by atoms with van der Waals surface area (Å²) < 4.78 is 47.4. The zero-order chi connectivity index (χ0) is 32.9. The summed E-state index contributed by atoms with van der Waals surface area (Å²) in [6.45, 7) is 1.51. The lowest BCUT2D eigenvalue weighted by molar-refractivity contribution is -0.137. The lowest BCUT2D eigenvalue weighted by Crippen LogP contribution is -2.33. The van der Waals surface area contributed by atoms with Crippen LogP contribution in [0.4, 0.5) is 24.5 Å². The van der Waals surface area contributed by atoms with E-state index in [-0.39, 0.29) is 28.8 Å². The second-order valence-corrected chi connectivity index (χ2v) is 13.0. The van der Waals surface area contributed by atoms with Crippen molar-refractivity contribution < 1.29 is 37.4 Å². The number of amides is 3. The van der Waals surface area contributed by atoms with Crippen LogP contribution in [-0.2, 0) is 27.1 Å². The Balaban J connectivity index is 1.44. The number of nitrogens with one attached hydrogen (secondary N) is 1. The predicted molar refractivity (Wildman–Crippen MR) is 167 cm³/mol. The Morgan fingerprint density at radius 2 is 1.78 bits per heavy atom. The van der Waals surface area contributed by atoms with E-state index in [2.05, 4.69) is 5.32 Å². The summed E-state index contributed by atoms with van der Waals surface area (Å²) >= 11 is 7.65. The number of carbonyl (C=O) groups is 3. The summed E-state index contributed by atoms with van der Waals surface area (Å²) in [6, 6.07) is 14.7. The second-order valence-electron chi connectivity index (χ2n) is 10.4. The SMILES string of the molecule is CCOc1cc([C@@H]2c3sc(=O)n(CC(=O)Nc4ccc(Cl)cc4)c3SC3C(=O)N(c4cccc(C(F)(F)F)c4)C(=O)C32)ccc1O. The molecule has 2 aliphatic rings. The topological polar surface area (TPSA) is 118 Å². The van der Waals surface area contributed by atoms with Crippen LogP contribution >= 0.6 is 34.7 Å². The van der Waals surface area contributed by atoms with Crippen molar-refractivity contribution in [2.24, 2.45) is 5.92 Å². The number of hydrogen-bond acceptors (Lipinski definition) is 8. The number of thioether (sulfide) groups is 1. The number of anilines is 2. The fourth-order valence-electron chi connectivity index (χ4n) is 5.56. The first-order valence-corrected chi connectivity index (χ1v) is 15.9. The van der Waals surface area contributed by atoms with Gasteiger partial charge in [0.2, 0.25) is 17.7 Å². The zero-order valence-corrected chi connectivity index (χ0v) is 26.1. The number of alkyl halides is 3. The van der Waals surface area contributed by atoms with E-state index in [1.165, 1.54) is 28.8 Å². The Hall–Kier alpha value is -4.27. The summed E-state index contributed by atoms with van der Waals surface area (Å²) in [7, 11) is 0. The fraction of sp³-hybridized carbons (Fsp3) is 0.226. The lowest BCUT2D eigenvalue weighted by atomic mass is 9.83. The van der Waals surface area contributed by atoms with Crippen molar-refractivity contribution in [1.29, 1.82) is 0 Å². The van der Waals surface area contributed by atoms with Crippen molar-refractivity contribution in [3.63, 3.8) is 0 Å². The Labute approximate surface area is 272 Å². The van der Waals surface area contributed by atoms with Gasteiger partial charge in [-0.25, -0.2) is 4.90 Å². The number of imide groups is 1. The lowest BCUT2D eigenvalue weighted by Gasteiger charge is -2.31. The number of halogens is 4. The molecule has 1 aromatic heterocycles. The van der Waals surface area contributed by atoms with Crippen LogP contribution in [0, 0.1) is 5.92 Å². The number of fused-ring (bicyclic) bond motifs is 2. The smallest absolute Gasteiger partial charge is 0.416 e. The van der Waals surface area contributed by atoms with Crippen LogP contribution in [0.5, 0.6) is 11.5 Å². The fourth-order valence-corrected chi connectivity index (χ4v) is 8.46. The first kappa shape index (κ1) is 31.7. The second kappa shape index (κ2) is 12.2. The third kappa shape index (κ3) is 5.76. The molecule has 0 spiro atoms. The van der Waals surface area contributed by atoms with Gasteiger partial charge in [-0.1, -0.05) is 46.8 Å². The number of rotatable bonds is 7. The molecule has 2 unspecified atom stereocenters. The molecular weight excluding hydrogens is 667 g/mol. The van der Waals surface area contributed by atoms with Crippen molar-refractivity contribution in [3.05, 3.63) is 97.4 Å². The number of phenolic OH excluding ortho intramolecular Hbond substituents is 1. The molecular formula is C31H23ClF3N3O6S2. The van der Waals surface area contributed by atoms with E-state index in [4.69, 9.17) is 16.3 Å². The Bertz CT molecular complexity index is 1930. The standard InChI is InChI=1S/C31H23ClF3N3O6S2/c1-2-44-21-12-15(6-11-20(21)39)23-24-25(28(42)38(27(24)41)19-5-3-4-16(13-19)31(33,34)35)45-29-26(23)46-30(43)37(29)14-22(40)36-18-9-7-17(32)8-10-18/h3-13,23-25,39H,2,14H2,1H3,(H,36,40)/t23-,24?,25?/m0/s1. The van der Waals surface area contributed by atoms with E-state index in [1.807, 2.05) is 0 Å². The molecule has 15 heteroatoms. The third-order valence-electron chi connectivity index (χ3n) is 7.55. The van der Waals surface area contributed by atoms with E-state index in [0.717, 1.165) is 46.2 Å². The summed E-state index contributed by atoms with van der Waals surface area (Å²) in [5.41, 5.74) is -0.381. The van der Waals surface area contributed by atoms with Gasteiger partial charge in [0.15, 0.2) is 11.5 Å². The largest absolute Gasteiger partial charge is 0.504 e. The van der Waals surface area contributed by atoms with Gasteiger partial charge in [-0.05, 0) is 67.1 Å². The van der Waals surface area contributed by atoms with Crippen molar-refractivity contribution in [1.82, 2.24) is 4.57 Å². The number of hydrogen-bond donors (Lipinski definition) is 2. The Morgan fingerprint density at radius 1 is 1.04 bits per heavy atom. The molecule has 1 fully saturated rings. The number of aromatic hydroxyl groups is 1. The van der Waals surface area contributed by atoms with Crippen LogP contribution in [0.1, 0.15) is 28.8 Å². The molecule has 4 aromatic rings. The van der Waals surface area contributed by atoms with Gasteiger partial charge in [0, 0.05) is 21.5 Å². The van der Waals surface area contributed by atoms with Crippen LogP contribution < -0.4 is 19.8 Å². The summed E-state index contributed by atoms with van der Waals surface area (Å²) in [5.74, 6) is -4.13. The highest BCUT2D eigenvalue weighted by Gasteiger charge is 2.57. The van der Waals surface area contributed by atoms with Crippen molar-refractivity contribution in [2.45, 2.75) is 35.8 Å². The van der Waals surface area contributed by atoms with E-state index in [0.29, 0.717) is 21.2 Å². The molecule has 0 radical (unpaired) electrons. The van der Waals surface area contributed by atoms with Gasteiger partial charge >= 0.3 is 11.0 Å². The van der Waals surface area contributed by atoms with Crippen LogP contribution in [-0.4, -0.2) is 39.3 Å². The van der Waals surface area contributed by atoms with Crippen LogP contribution in [0.25, 0.3) is 0 Å². The van der Waals surface area contributed by atoms with Crippen molar-refractivity contribution in [2.75, 3.05) is 16.8 Å². The van der Waals surface area contributed by atoms with Gasteiger partial charge in [-0.15, -0.1) is 0 Å². The maximum Gasteiger partial charge on any atom is 0.416 e. The number of nitrogens with zero attached hydrogens (tertiary/aromatic N) is 2. The molecule has 0 aliphatic carbocycles. The normalized spacial score (nSPS) is 19.2.